The molecule has 1 heterocycles. The lowest BCUT2D eigenvalue weighted by atomic mass is 9.87. The first-order chi connectivity index (χ1) is 8.99. The summed E-state index contributed by atoms with van der Waals surface area (Å²) < 4.78 is 5.64. The summed E-state index contributed by atoms with van der Waals surface area (Å²) in [6, 6.07) is 9.60. The maximum absolute atomic E-state index is 5.64. The number of hydrogen-bond donors (Lipinski definition) is 2. The minimum Gasteiger partial charge on any atom is -0.439 e. The van der Waals surface area contributed by atoms with Crippen LogP contribution in [0.15, 0.2) is 36.7 Å². The van der Waals surface area contributed by atoms with Crippen molar-refractivity contribution in [3.63, 3.8) is 0 Å². The van der Waals surface area contributed by atoms with E-state index in [0.717, 1.165) is 5.75 Å². The van der Waals surface area contributed by atoms with Crippen LogP contribution in [0, 0.1) is 0 Å². The molecular weight excluding hydrogens is 240 g/mol. The fraction of sp³-hybridized carbons (Fsp3) is 0.286. The highest BCUT2D eigenvalue weighted by Crippen LogP contribution is 2.26. The van der Waals surface area contributed by atoms with Gasteiger partial charge in [-0.25, -0.2) is 15.8 Å². The van der Waals surface area contributed by atoms with Crippen molar-refractivity contribution in [1.82, 2.24) is 9.97 Å². The topological polar surface area (TPSA) is 73.1 Å². The predicted octanol–water partition coefficient (Wildman–Crippen LogP) is 2.85. The Morgan fingerprint density at radius 1 is 1.11 bits per heavy atom. The van der Waals surface area contributed by atoms with Crippen molar-refractivity contribution < 1.29 is 4.74 Å². The molecule has 5 heteroatoms. The van der Waals surface area contributed by atoms with Gasteiger partial charge in [0, 0.05) is 6.07 Å². The van der Waals surface area contributed by atoms with Crippen molar-refractivity contribution in [2.24, 2.45) is 5.84 Å². The molecular formula is C14H18N4O. The summed E-state index contributed by atoms with van der Waals surface area (Å²) in [5.41, 5.74) is 3.84. The number of aromatic nitrogens is 2. The minimum absolute atomic E-state index is 0.129. The van der Waals surface area contributed by atoms with Crippen LogP contribution in [0.3, 0.4) is 0 Å². The lowest BCUT2D eigenvalue weighted by Crippen LogP contribution is -2.10. The Bertz CT molecular complexity index is 546. The molecule has 0 aliphatic carbocycles. The number of ether oxygens (including phenoxy) is 1. The zero-order valence-electron chi connectivity index (χ0n) is 11.3. The molecule has 0 saturated heterocycles. The summed E-state index contributed by atoms with van der Waals surface area (Å²) >= 11 is 0. The fourth-order valence-corrected chi connectivity index (χ4v) is 1.62. The Labute approximate surface area is 112 Å². The molecule has 0 radical (unpaired) electrons. The Morgan fingerprint density at radius 3 is 2.37 bits per heavy atom. The number of rotatable bonds is 3. The van der Waals surface area contributed by atoms with Crippen LogP contribution in [0.2, 0.25) is 0 Å². The Balaban J connectivity index is 2.15. The quantitative estimate of drug-likeness (QED) is 0.654. The van der Waals surface area contributed by atoms with Gasteiger partial charge in [-0.1, -0.05) is 32.9 Å². The van der Waals surface area contributed by atoms with E-state index in [1.54, 1.807) is 6.07 Å². The van der Waals surface area contributed by atoms with Crippen molar-refractivity contribution in [3.8, 4) is 11.6 Å². The molecule has 0 aliphatic heterocycles. The van der Waals surface area contributed by atoms with E-state index in [2.05, 4.69) is 48.3 Å². The summed E-state index contributed by atoms with van der Waals surface area (Å²) in [7, 11) is 0. The van der Waals surface area contributed by atoms with Gasteiger partial charge in [0.05, 0.1) is 0 Å². The number of hydrazine groups is 1. The number of anilines is 1. The van der Waals surface area contributed by atoms with E-state index in [-0.39, 0.29) is 5.41 Å². The molecule has 0 unspecified atom stereocenters. The highest BCUT2D eigenvalue weighted by Gasteiger charge is 2.13. The van der Waals surface area contributed by atoms with Gasteiger partial charge in [0.2, 0.25) is 5.88 Å². The van der Waals surface area contributed by atoms with Crippen LogP contribution < -0.4 is 16.0 Å². The second kappa shape index (κ2) is 5.24. The third-order valence-corrected chi connectivity index (χ3v) is 2.73. The molecule has 0 saturated carbocycles. The molecule has 2 aromatic rings. The van der Waals surface area contributed by atoms with E-state index in [1.807, 2.05) is 12.1 Å². The lowest BCUT2D eigenvalue weighted by molar-refractivity contribution is 0.461. The Hall–Kier alpha value is -2.14. The van der Waals surface area contributed by atoms with Gasteiger partial charge in [-0.15, -0.1) is 0 Å². The molecule has 3 N–H and O–H groups in total. The largest absolute Gasteiger partial charge is 0.439 e. The number of benzene rings is 1. The van der Waals surface area contributed by atoms with Gasteiger partial charge in [-0.05, 0) is 23.1 Å². The number of hydrogen-bond acceptors (Lipinski definition) is 5. The zero-order chi connectivity index (χ0) is 13.9. The molecule has 0 spiro atoms. The SMILES string of the molecule is CC(C)(C)c1ccc(Oc2cc(NN)ncn2)cc1. The Morgan fingerprint density at radius 2 is 1.79 bits per heavy atom. The van der Waals surface area contributed by atoms with Crippen molar-refractivity contribution in [2.45, 2.75) is 26.2 Å². The summed E-state index contributed by atoms with van der Waals surface area (Å²) in [5.74, 6) is 6.98. The molecule has 0 bridgehead atoms. The number of nitrogens with zero attached hydrogens (tertiary/aromatic N) is 2. The van der Waals surface area contributed by atoms with E-state index in [0.29, 0.717) is 11.7 Å². The van der Waals surface area contributed by atoms with Crippen LogP contribution in [0.5, 0.6) is 11.6 Å². The number of nitrogens with two attached hydrogens (primary N) is 1. The number of nitrogens with one attached hydrogen (secondary N) is 1. The maximum atomic E-state index is 5.64. The van der Waals surface area contributed by atoms with Crippen molar-refractivity contribution >= 4 is 5.82 Å². The molecule has 5 nitrogen and oxygen atoms in total. The standard InChI is InChI=1S/C14H18N4O/c1-14(2,3)10-4-6-11(7-5-10)19-13-8-12(18-15)16-9-17-13/h4-9H,15H2,1-3H3,(H,16,17,18). The fourth-order valence-electron chi connectivity index (χ4n) is 1.62. The van der Waals surface area contributed by atoms with Gasteiger partial charge >= 0.3 is 0 Å². The molecule has 1 aromatic heterocycles. The van der Waals surface area contributed by atoms with E-state index < -0.39 is 0 Å². The van der Waals surface area contributed by atoms with E-state index in [4.69, 9.17) is 10.6 Å². The second-order valence-electron chi connectivity index (χ2n) is 5.26. The lowest BCUT2D eigenvalue weighted by Gasteiger charge is -2.19. The van der Waals surface area contributed by atoms with E-state index in [1.165, 1.54) is 11.9 Å². The molecule has 2 rings (SSSR count). The van der Waals surface area contributed by atoms with Crippen LogP contribution in [0.25, 0.3) is 0 Å². The van der Waals surface area contributed by atoms with Gasteiger partial charge in [-0.2, -0.15) is 0 Å². The highest BCUT2D eigenvalue weighted by atomic mass is 16.5. The minimum atomic E-state index is 0.129. The highest BCUT2D eigenvalue weighted by molar-refractivity contribution is 5.38. The van der Waals surface area contributed by atoms with Gasteiger partial charge in [0.1, 0.15) is 17.9 Å². The molecule has 19 heavy (non-hydrogen) atoms. The molecule has 1 aromatic carbocycles. The second-order valence-corrected chi connectivity index (χ2v) is 5.26. The normalized spacial score (nSPS) is 11.2. The van der Waals surface area contributed by atoms with Crippen molar-refractivity contribution in [1.29, 1.82) is 0 Å². The number of nitrogen functional groups attached to an aromatic ring is 1. The Kier molecular flexibility index (Phi) is 3.66. The summed E-state index contributed by atoms with van der Waals surface area (Å²) in [6.07, 6.45) is 1.40. The van der Waals surface area contributed by atoms with Crippen LogP contribution in [0.1, 0.15) is 26.3 Å². The average molecular weight is 258 g/mol. The maximum Gasteiger partial charge on any atom is 0.224 e. The summed E-state index contributed by atoms with van der Waals surface area (Å²) in [6.45, 7) is 6.52. The van der Waals surface area contributed by atoms with Gasteiger partial charge in [0.15, 0.2) is 0 Å². The third-order valence-electron chi connectivity index (χ3n) is 2.73. The van der Waals surface area contributed by atoms with Crippen molar-refractivity contribution in [3.05, 3.63) is 42.2 Å². The molecule has 0 fully saturated rings. The summed E-state index contributed by atoms with van der Waals surface area (Å²) in [4.78, 5) is 7.94. The first-order valence-electron chi connectivity index (χ1n) is 6.06. The van der Waals surface area contributed by atoms with Gasteiger partial charge < -0.3 is 10.2 Å². The van der Waals surface area contributed by atoms with Crippen LogP contribution in [-0.4, -0.2) is 9.97 Å². The molecule has 100 valence electrons. The zero-order valence-corrected chi connectivity index (χ0v) is 11.3. The predicted molar refractivity (Wildman–Crippen MR) is 75.1 cm³/mol. The first-order valence-corrected chi connectivity index (χ1v) is 6.06. The first kappa shape index (κ1) is 13.3. The van der Waals surface area contributed by atoms with Crippen LogP contribution in [-0.2, 0) is 5.41 Å². The molecule has 0 amide bonds. The van der Waals surface area contributed by atoms with Gasteiger partial charge in [0.25, 0.3) is 0 Å². The molecule has 0 aliphatic rings. The van der Waals surface area contributed by atoms with E-state index >= 15 is 0 Å². The monoisotopic (exact) mass is 258 g/mol. The average Bonchev–Trinajstić information content (AvgIpc) is 2.38. The molecule has 0 atom stereocenters. The third kappa shape index (κ3) is 3.42. The van der Waals surface area contributed by atoms with Crippen LogP contribution in [0.4, 0.5) is 5.82 Å². The smallest absolute Gasteiger partial charge is 0.224 e. The summed E-state index contributed by atoms with van der Waals surface area (Å²) in [5, 5.41) is 0. The van der Waals surface area contributed by atoms with E-state index in [9.17, 15) is 0 Å². The van der Waals surface area contributed by atoms with Crippen molar-refractivity contribution in [2.75, 3.05) is 5.43 Å². The van der Waals surface area contributed by atoms with Crippen LogP contribution >= 0.6 is 0 Å². The van der Waals surface area contributed by atoms with Gasteiger partial charge in [-0.3, -0.25) is 0 Å².